The number of hydrogen-bond acceptors (Lipinski definition) is 3. The van der Waals surface area contributed by atoms with Gasteiger partial charge in [-0.15, -0.1) is 0 Å². The first kappa shape index (κ1) is 18.7. The van der Waals surface area contributed by atoms with Crippen LogP contribution < -0.4 is 21.3 Å². The first-order chi connectivity index (χ1) is 12.9. The van der Waals surface area contributed by atoms with Crippen molar-refractivity contribution in [3.8, 4) is 11.4 Å². The van der Waals surface area contributed by atoms with Crippen molar-refractivity contribution in [3.05, 3.63) is 87.3 Å². The second-order valence-electron chi connectivity index (χ2n) is 6.81. The number of nitrogens with one attached hydrogen (secondary N) is 1. The van der Waals surface area contributed by atoms with Crippen LogP contribution in [-0.4, -0.2) is 29.5 Å². The summed E-state index contributed by atoms with van der Waals surface area (Å²) in [6, 6.07) is 16.9. The van der Waals surface area contributed by atoms with Crippen LogP contribution in [0.1, 0.15) is 0 Å². The number of methoxy groups -OCH3 is 1. The Hall–Kier alpha value is -3.06. The molecule has 0 unspecified atom stereocenters. The minimum Gasteiger partial charge on any atom is -0.497 e. The summed E-state index contributed by atoms with van der Waals surface area (Å²) < 4.78 is 7.93. The normalized spacial score (nSPS) is 11.8. The van der Waals surface area contributed by atoms with Crippen LogP contribution in [0.15, 0.2) is 76.0 Å². The summed E-state index contributed by atoms with van der Waals surface area (Å²) >= 11 is 0. The molecule has 0 spiro atoms. The smallest absolute Gasteiger partial charge is 0.351 e. The van der Waals surface area contributed by atoms with E-state index in [9.17, 15) is 9.59 Å². The first-order valence-corrected chi connectivity index (χ1v) is 11.8. The molecule has 1 N–H and O–H groups in total. The summed E-state index contributed by atoms with van der Waals surface area (Å²) in [7, 11) is -0.236. The fourth-order valence-corrected chi connectivity index (χ4v) is 5.29. The van der Waals surface area contributed by atoms with Crippen molar-refractivity contribution in [2.24, 2.45) is 0 Å². The molecule has 6 nitrogen and oxygen atoms in total. The van der Waals surface area contributed by atoms with Gasteiger partial charge >= 0.3 is 11.4 Å². The lowest BCUT2D eigenvalue weighted by Crippen LogP contribution is -2.40. The van der Waals surface area contributed by atoms with Crippen LogP contribution in [0.4, 0.5) is 0 Å². The third kappa shape index (κ3) is 3.88. The number of para-hydroxylation sites is 2. The van der Waals surface area contributed by atoms with E-state index in [2.05, 4.69) is 30.0 Å². The Kier molecular flexibility index (Phi) is 5.32. The highest BCUT2D eigenvalue weighted by Crippen LogP contribution is 2.14. The van der Waals surface area contributed by atoms with E-state index in [0.717, 1.165) is 10.3 Å². The molecule has 0 aliphatic rings. The monoisotopic (exact) mass is 381 g/mol. The molecule has 0 radical (unpaired) electrons. The van der Waals surface area contributed by atoms with Gasteiger partial charge in [-0.2, -0.15) is 0 Å². The fraction of sp³-hybridized carbons (Fsp3) is 0.200. The summed E-state index contributed by atoms with van der Waals surface area (Å²) in [6.07, 6.45) is 1.94. The minimum absolute atomic E-state index is 0.305. The molecule has 27 heavy (non-hydrogen) atoms. The van der Waals surface area contributed by atoms with Gasteiger partial charge in [0, 0.05) is 0 Å². The fourth-order valence-electron chi connectivity index (χ4n) is 3.07. The largest absolute Gasteiger partial charge is 0.497 e. The molecule has 3 aromatic rings. The lowest BCUT2D eigenvalue weighted by atomic mass is 10.3. The number of benzene rings is 2. The van der Waals surface area contributed by atoms with Gasteiger partial charge in [0.25, 0.3) is 0 Å². The van der Waals surface area contributed by atoms with Crippen molar-refractivity contribution in [1.29, 1.82) is 0 Å². The molecule has 0 fully saturated rings. The quantitative estimate of drug-likeness (QED) is 0.665. The molecule has 0 saturated heterocycles. The van der Waals surface area contributed by atoms with Gasteiger partial charge in [-0.3, -0.25) is 0 Å². The molecule has 7 heteroatoms. The van der Waals surface area contributed by atoms with Gasteiger partial charge in [0.1, 0.15) is 13.8 Å². The number of allylic oxidation sites excluding steroid dienone is 1. The summed E-state index contributed by atoms with van der Waals surface area (Å²) in [6.45, 7) is 4.73. The van der Waals surface area contributed by atoms with E-state index in [1.807, 2.05) is 30.3 Å². The Balaban J connectivity index is 1.85. The van der Waals surface area contributed by atoms with Gasteiger partial charge < -0.3 is 4.74 Å². The third-order valence-corrected chi connectivity index (χ3v) is 7.36. The van der Waals surface area contributed by atoms with E-state index < -0.39 is 13.8 Å². The average Bonchev–Trinajstić information content (AvgIpc) is 2.95. The molecular formula is C20H23N3O3Si. The second kappa shape index (κ2) is 7.67. The Labute approximate surface area is 158 Å². The van der Waals surface area contributed by atoms with Crippen molar-refractivity contribution < 1.29 is 4.74 Å². The van der Waals surface area contributed by atoms with Crippen molar-refractivity contribution in [2.75, 3.05) is 7.11 Å². The maximum absolute atomic E-state index is 12.6. The van der Waals surface area contributed by atoms with E-state index in [0.29, 0.717) is 12.2 Å². The summed E-state index contributed by atoms with van der Waals surface area (Å²) in [5.41, 5.74) is 1.87. The van der Waals surface area contributed by atoms with E-state index in [1.165, 1.54) is 9.87 Å². The Morgan fingerprint density at radius 2 is 1.70 bits per heavy atom. The van der Waals surface area contributed by atoms with Gasteiger partial charge in [-0.1, -0.05) is 61.3 Å². The average molecular weight is 382 g/mol. The molecule has 1 heterocycles. The zero-order valence-corrected chi connectivity index (χ0v) is 16.7. The maximum atomic E-state index is 12.6. The summed E-state index contributed by atoms with van der Waals surface area (Å²) in [4.78, 5) is 24.7. The lowest BCUT2D eigenvalue weighted by Gasteiger charge is -2.21. The Morgan fingerprint density at radius 3 is 2.41 bits per heavy atom. The number of H-pyrrole nitrogens is 1. The van der Waals surface area contributed by atoms with Gasteiger partial charge in [0.15, 0.2) is 0 Å². The SMILES string of the molecule is COc1ccccc1[Si](C)(C)/C=C/Cn1[nH]c(=O)n(-c2ccccc2)c1=O. The van der Waals surface area contributed by atoms with E-state index in [4.69, 9.17) is 4.74 Å². The van der Waals surface area contributed by atoms with Gasteiger partial charge in [-0.05, 0) is 23.4 Å². The van der Waals surface area contributed by atoms with Crippen LogP contribution >= 0.6 is 0 Å². The predicted molar refractivity (Wildman–Crippen MR) is 110 cm³/mol. The van der Waals surface area contributed by atoms with E-state index in [-0.39, 0.29) is 5.69 Å². The highest BCUT2D eigenvalue weighted by atomic mass is 28.3. The molecule has 0 bridgehead atoms. The molecule has 1 aromatic heterocycles. The Morgan fingerprint density at radius 1 is 1.04 bits per heavy atom. The molecule has 2 aromatic carbocycles. The van der Waals surface area contributed by atoms with Crippen LogP contribution in [0.2, 0.25) is 13.1 Å². The predicted octanol–water partition coefficient (Wildman–Crippen LogP) is 2.05. The van der Waals surface area contributed by atoms with Crippen molar-refractivity contribution in [1.82, 2.24) is 14.3 Å². The molecule has 0 amide bonds. The van der Waals surface area contributed by atoms with Gasteiger partial charge in [0.2, 0.25) is 0 Å². The van der Waals surface area contributed by atoms with Crippen molar-refractivity contribution in [2.45, 2.75) is 19.6 Å². The summed E-state index contributed by atoms with van der Waals surface area (Å²) in [5.74, 6) is 0.875. The third-order valence-electron chi connectivity index (χ3n) is 4.49. The van der Waals surface area contributed by atoms with Crippen LogP contribution in [0.3, 0.4) is 0 Å². The number of ether oxygens (including phenoxy) is 1. The zero-order valence-electron chi connectivity index (χ0n) is 15.7. The van der Waals surface area contributed by atoms with Crippen LogP contribution in [0.25, 0.3) is 5.69 Å². The number of rotatable bonds is 6. The van der Waals surface area contributed by atoms with Crippen LogP contribution in [0, 0.1) is 0 Å². The molecule has 0 aliphatic heterocycles. The number of aromatic nitrogens is 3. The number of hydrogen-bond donors (Lipinski definition) is 1. The van der Waals surface area contributed by atoms with Crippen LogP contribution in [-0.2, 0) is 6.54 Å². The van der Waals surface area contributed by atoms with Gasteiger partial charge in [-0.25, -0.2) is 23.9 Å². The van der Waals surface area contributed by atoms with Crippen molar-refractivity contribution in [3.63, 3.8) is 0 Å². The van der Waals surface area contributed by atoms with Gasteiger partial charge in [0.05, 0.1) is 19.3 Å². The highest BCUT2D eigenvalue weighted by Gasteiger charge is 2.23. The highest BCUT2D eigenvalue weighted by molar-refractivity contribution is 6.94. The molecule has 140 valence electrons. The van der Waals surface area contributed by atoms with E-state index >= 15 is 0 Å². The first-order valence-electron chi connectivity index (χ1n) is 8.72. The second-order valence-corrected chi connectivity index (χ2v) is 11.1. The lowest BCUT2D eigenvalue weighted by molar-refractivity contribution is 0.418. The number of nitrogens with zero attached hydrogens (tertiary/aromatic N) is 2. The molecule has 0 atom stereocenters. The molecule has 3 rings (SSSR count). The van der Waals surface area contributed by atoms with E-state index in [1.54, 1.807) is 31.4 Å². The molecule has 0 aliphatic carbocycles. The molecule has 0 saturated carbocycles. The summed E-state index contributed by atoms with van der Waals surface area (Å²) in [5, 5.41) is 3.80. The molecular weight excluding hydrogens is 358 g/mol. The standard InChI is InChI=1S/C20H23N3O3Si/c1-26-17-12-7-8-13-18(17)27(2,3)15-9-14-22-20(25)23(19(24)21-22)16-10-5-4-6-11-16/h4-13,15H,14H2,1-3H3,(H,21,24)/b15-9+. The topological polar surface area (TPSA) is 69.0 Å². The Bertz CT molecular complexity index is 1060. The van der Waals surface area contributed by atoms with Crippen LogP contribution in [0.5, 0.6) is 5.75 Å². The zero-order chi connectivity index (χ0) is 19.4. The number of aromatic amines is 1. The minimum atomic E-state index is -1.91. The maximum Gasteiger partial charge on any atom is 0.351 e. The van der Waals surface area contributed by atoms with Crippen molar-refractivity contribution >= 4 is 13.3 Å².